The van der Waals surface area contributed by atoms with Crippen LogP contribution >= 0.6 is 25.3 Å². The number of thiol groups is 2. The van der Waals surface area contributed by atoms with Crippen LogP contribution in [0.15, 0.2) is 0 Å². The maximum absolute atomic E-state index is 6.79. The minimum Gasteiger partial charge on any atom is -0.416 e. The highest BCUT2D eigenvalue weighted by Gasteiger charge is 2.33. The topological polar surface area (TPSA) is 24.9 Å². The Hall–Kier alpha value is 0.974. The molecule has 0 fully saturated rings. The lowest BCUT2D eigenvalue weighted by Crippen LogP contribution is -2.41. The molecule has 8 heteroatoms. The molecule has 0 aliphatic carbocycles. The number of unbranched alkanes of at least 4 members (excludes halogenated alkanes) is 6. The van der Waals surface area contributed by atoms with Crippen LogP contribution < -0.4 is 0 Å². The average molecular weight is 723 g/mol. The Morgan fingerprint density at radius 2 is 0.696 bits per heavy atom. The summed E-state index contributed by atoms with van der Waals surface area (Å²) >= 11 is 8.84. The van der Waals surface area contributed by atoms with Crippen LogP contribution in [0.5, 0.6) is 0 Å². The summed E-state index contributed by atoms with van der Waals surface area (Å²) in [6, 6.07) is 7.83. The van der Waals surface area contributed by atoms with Crippen molar-refractivity contribution < 1.29 is 8.85 Å². The predicted molar refractivity (Wildman–Crippen MR) is 223 cm³/mol. The summed E-state index contributed by atoms with van der Waals surface area (Å²) in [6.45, 7) is 27.5. The van der Waals surface area contributed by atoms with E-state index in [0.29, 0.717) is 0 Å². The number of hydrogen-bond acceptors (Lipinski definition) is 6. The highest BCUT2D eigenvalue weighted by atomic mass is 32.1. The van der Waals surface area contributed by atoms with E-state index in [1.807, 2.05) is 0 Å². The van der Waals surface area contributed by atoms with Crippen molar-refractivity contribution in [3.63, 3.8) is 0 Å². The van der Waals surface area contributed by atoms with E-state index in [0.717, 1.165) is 37.8 Å². The van der Waals surface area contributed by atoms with E-state index in [1.165, 1.54) is 152 Å². The van der Waals surface area contributed by atoms with Gasteiger partial charge in [-0.1, -0.05) is 107 Å². The smallest absolute Gasteiger partial charge is 0.192 e. The van der Waals surface area contributed by atoms with Gasteiger partial charge in [0.1, 0.15) is 0 Å². The molecule has 0 heterocycles. The van der Waals surface area contributed by atoms with Gasteiger partial charge in [-0.05, 0) is 112 Å². The van der Waals surface area contributed by atoms with Crippen LogP contribution in [0.25, 0.3) is 0 Å². The molecule has 4 nitrogen and oxygen atoms in total. The number of rotatable bonds is 34. The fraction of sp³-hybridized carbons (Fsp3) is 1.00. The Morgan fingerprint density at radius 3 is 1.00 bits per heavy atom. The summed E-state index contributed by atoms with van der Waals surface area (Å²) in [5.41, 5.74) is 0. The molecule has 0 aromatic carbocycles. The van der Waals surface area contributed by atoms with Crippen molar-refractivity contribution in [2.24, 2.45) is 0 Å². The Kier molecular flexibility index (Phi) is 38.2. The van der Waals surface area contributed by atoms with Crippen molar-refractivity contribution >= 4 is 41.9 Å². The Morgan fingerprint density at radius 1 is 0.391 bits per heavy atom. The molecule has 0 bridgehead atoms. The van der Waals surface area contributed by atoms with Gasteiger partial charge in [0.15, 0.2) is 16.6 Å². The summed E-state index contributed by atoms with van der Waals surface area (Å²) in [5, 5.41) is 0. The highest BCUT2D eigenvalue weighted by Crippen LogP contribution is 2.29. The molecule has 0 saturated heterocycles. The highest BCUT2D eigenvalue weighted by molar-refractivity contribution is 7.80. The van der Waals surface area contributed by atoms with Crippen molar-refractivity contribution in [1.82, 2.24) is 9.80 Å². The zero-order chi connectivity index (χ0) is 34.8. The van der Waals surface area contributed by atoms with E-state index in [9.17, 15) is 0 Å². The van der Waals surface area contributed by atoms with E-state index in [1.54, 1.807) is 0 Å². The van der Waals surface area contributed by atoms with Crippen molar-refractivity contribution in [3.05, 3.63) is 0 Å². The van der Waals surface area contributed by atoms with Crippen molar-refractivity contribution in [3.8, 4) is 0 Å². The third-order valence-electron chi connectivity index (χ3n) is 9.78. The van der Waals surface area contributed by atoms with Crippen molar-refractivity contribution in [2.75, 3.05) is 64.0 Å². The standard InChI is InChI=1S/C21H47NOSSi.C17H39NOSSi/c1-5-9-14-22(15-10-6-2)16-17-23-25(19-11-7-3,20-12-8-4)21-13-18-24;1-5-9-12-18(13-10-6-2)14-15-19-21(7-3,8-4)17-11-16-20/h24H,5-21H2,1-4H3;20H,5-17H2,1-4H3. The summed E-state index contributed by atoms with van der Waals surface area (Å²) < 4.78 is 13.3. The third-order valence-corrected chi connectivity index (χ3v) is 19.7. The molecule has 280 valence electrons. The zero-order valence-corrected chi connectivity index (χ0v) is 36.6. The second kappa shape index (κ2) is 35.8. The summed E-state index contributed by atoms with van der Waals surface area (Å²) in [5.74, 6) is 2.01. The fourth-order valence-electron chi connectivity index (χ4n) is 6.25. The van der Waals surface area contributed by atoms with Crippen LogP contribution in [-0.2, 0) is 8.85 Å². The van der Waals surface area contributed by atoms with Crippen LogP contribution in [0.2, 0.25) is 36.3 Å². The first-order valence-electron chi connectivity index (χ1n) is 20.3. The van der Waals surface area contributed by atoms with Gasteiger partial charge >= 0.3 is 0 Å². The fourth-order valence-corrected chi connectivity index (χ4v) is 14.8. The molecule has 0 aromatic heterocycles. The number of hydrogen-bond donors (Lipinski definition) is 2. The van der Waals surface area contributed by atoms with Gasteiger partial charge in [0, 0.05) is 26.3 Å². The third kappa shape index (κ3) is 26.8. The second-order valence-electron chi connectivity index (χ2n) is 13.7. The quantitative estimate of drug-likeness (QED) is 0.0510. The zero-order valence-electron chi connectivity index (χ0n) is 32.8. The maximum atomic E-state index is 6.79. The Balaban J connectivity index is 0. The predicted octanol–water partition coefficient (Wildman–Crippen LogP) is 12.0. The minimum absolute atomic E-state index is 0.938. The summed E-state index contributed by atoms with van der Waals surface area (Å²) in [7, 11) is -3.03. The van der Waals surface area contributed by atoms with Gasteiger partial charge in [0.05, 0.1) is 0 Å². The van der Waals surface area contributed by atoms with Crippen LogP contribution in [0.1, 0.15) is 145 Å². The second-order valence-corrected chi connectivity index (χ2v) is 23.3. The van der Waals surface area contributed by atoms with E-state index in [4.69, 9.17) is 8.85 Å². The Bertz CT molecular complexity index is 565. The van der Waals surface area contributed by atoms with Gasteiger partial charge in [0.2, 0.25) is 0 Å². The summed E-state index contributed by atoms with van der Waals surface area (Å²) in [6.07, 6.45) is 18.1. The Labute approximate surface area is 304 Å². The van der Waals surface area contributed by atoms with Crippen molar-refractivity contribution in [2.45, 2.75) is 182 Å². The van der Waals surface area contributed by atoms with Gasteiger partial charge in [-0.25, -0.2) is 0 Å². The molecule has 0 N–H and O–H groups in total. The van der Waals surface area contributed by atoms with Gasteiger partial charge in [-0.15, -0.1) is 0 Å². The molecule has 0 rings (SSSR count). The molecule has 0 saturated carbocycles. The molecule has 0 unspecified atom stereocenters. The molecular formula is C38H86N2O2S2Si2. The van der Waals surface area contributed by atoms with Crippen molar-refractivity contribution in [1.29, 1.82) is 0 Å². The molecule has 0 aliphatic heterocycles. The van der Waals surface area contributed by atoms with Crippen LogP contribution in [0.4, 0.5) is 0 Å². The van der Waals surface area contributed by atoms with E-state index in [2.05, 4.69) is 90.4 Å². The molecule has 0 radical (unpaired) electrons. The maximum Gasteiger partial charge on any atom is 0.192 e. The van der Waals surface area contributed by atoms with E-state index < -0.39 is 16.6 Å². The minimum atomic E-state index is -1.56. The first-order chi connectivity index (χ1) is 22.3. The monoisotopic (exact) mass is 723 g/mol. The lowest BCUT2D eigenvalue weighted by atomic mass is 10.2. The first-order valence-corrected chi connectivity index (χ1v) is 26.6. The normalized spacial score (nSPS) is 12.3. The first kappa shape index (κ1) is 49.1. The molecule has 0 aliphatic rings. The van der Waals surface area contributed by atoms with Gasteiger partial charge in [-0.3, -0.25) is 0 Å². The van der Waals surface area contributed by atoms with Gasteiger partial charge in [0.25, 0.3) is 0 Å². The lowest BCUT2D eigenvalue weighted by Gasteiger charge is -2.33. The molecule has 46 heavy (non-hydrogen) atoms. The number of nitrogens with zero attached hydrogens (tertiary/aromatic N) is 2. The lowest BCUT2D eigenvalue weighted by molar-refractivity contribution is 0.196. The van der Waals surface area contributed by atoms with Gasteiger partial charge < -0.3 is 18.7 Å². The van der Waals surface area contributed by atoms with E-state index >= 15 is 0 Å². The molecule has 0 amide bonds. The van der Waals surface area contributed by atoms with Crippen LogP contribution in [0, 0.1) is 0 Å². The molecule has 0 aromatic rings. The van der Waals surface area contributed by atoms with Crippen LogP contribution in [-0.4, -0.2) is 90.4 Å². The summed E-state index contributed by atoms with van der Waals surface area (Å²) in [4.78, 5) is 5.25. The molecular weight excluding hydrogens is 637 g/mol. The SMILES string of the molecule is CCCCN(CCCC)CCO[Si](CC)(CC)CCCS.CCCCN(CCCC)CCO[Si](CCCC)(CCCC)CCCS. The van der Waals surface area contributed by atoms with Crippen LogP contribution in [0.3, 0.4) is 0 Å². The molecule has 0 spiro atoms. The van der Waals surface area contributed by atoms with Gasteiger partial charge in [-0.2, -0.15) is 25.3 Å². The van der Waals surface area contributed by atoms with E-state index in [-0.39, 0.29) is 0 Å². The molecule has 0 atom stereocenters. The average Bonchev–Trinajstić information content (AvgIpc) is 3.08. The largest absolute Gasteiger partial charge is 0.416 e.